The molecule has 0 N–H and O–H groups in total. The van der Waals surface area contributed by atoms with Crippen molar-refractivity contribution in [1.29, 1.82) is 0 Å². The molecule has 0 spiro atoms. The third kappa shape index (κ3) is 4.14. The van der Waals surface area contributed by atoms with E-state index >= 15 is 0 Å². The summed E-state index contributed by atoms with van der Waals surface area (Å²) in [4.78, 5) is 0. The highest BCUT2D eigenvalue weighted by Crippen LogP contribution is 2.39. The van der Waals surface area contributed by atoms with Gasteiger partial charge in [0, 0.05) is 6.61 Å². The van der Waals surface area contributed by atoms with E-state index in [0.717, 1.165) is 6.61 Å². The van der Waals surface area contributed by atoms with Gasteiger partial charge in [0.25, 0.3) is 0 Å². The first kappa shape index (κ1) is 14.2. The number of rotatable bonds is 6. The Kier molecular flexibility index (Phi) is 5.99. The largest absolute Gasteiger partial charge is 0.417 e. The zero-order valence-corrected chi connectivity index (χ0v) is 11.9. The minimum atomic E-state index is -1.47. The first-order chi connectivity index (χ1) is 6.37. The van der Waals surface area contributed by atoms with Crippen molar-refractivity contribution in [2.75, 3.05) is 6.61 Å². The van der Waals surface area contributed by atoms with Gasteiger partial charge in [0.05, 0.1) is 0 Å². The van der Waals surface area contributed by atoms with Crippen molar-refractivity contribution in [3.8, 4) is 0 Å². The molecule has 86 valence electrons. The Morgan fingerprint density at radius 3 is 2.00 bits per heavy atom. The molecule has 14 heavy (non-hydrogen) atoms. The highest BCUT2D eigenvalue weighted by Gasteiger charge is 2.39. The Labute approximate surface area is 91.4 Å². The van der Waals surface area contributed by atoms with Crippen LogP contribution in [0.3, 0.4) is 0 Å². The number of hydrogen-bond acceptors (Lipinski definition) is 1. The van der Waals surface area contributed by atoms with Crippen LogP contribution in [0.1, 0.15) is 53.9 Å². The molecule has 2 heteroatoms. The van der Waals surface area contributed by atoms with Crippen molar-refractivity contribution >= 4 is 8.32 Å². The van der Waals surface area contributed by atoms with Crippen LogP contribution in [0.25, 0.3) is 0 Å². The van der Waals surface area contributed by atoms with E-state index in [-0.39, 0.29) is 0 Å². The lowest BCUT2D eigenvalue weighted by molar-refractivity contribution is 0.274. The molecule has 0 aromatic heterocycles. The smallest absolute Gasteiger partial charge is 0.194 e. The second kappa shape index (κ2) is 5.91. The van der Waals surface area contributed by atoms with E-state index in [1.807, 2.05) is 0 Å². The van der Waals surface area contributed by atoms with E-state index in [9.17, 15) is 0 Å². The van der Waals surface area contributed by atoms with Crippen LogP contribution in [0.4, 0.5) is 0 Å². The average molecular weight is 216 g/mol. The predicted molar refractivity (Wildman–Crippen MR) is 67.3 cm³/mol. The minimum Gasteiger partial charge on any atom is -0.417 e. The zero-order valence-electron chi connectivity index (χ0n) is 10.9. The Morgan fingerprint density at radius 2 is 1.64 bits per heavy atom. The fourth-order valence-electron chi connectivity index (χ4n) is 1.50. The van der Waals surface area contributed by atoms with E-state index in [1.54, 1.807) is 0 Å². The average Bonchev–Trinajstić information content (AvgIpc) is 2.10. The van der Waals surface area contributed by atoms with Crippen molar-refractivity contribution in [3.63, 3.8) is 0 Å². The lowest BCUT2D eigenvalue weighted by Crippen LogP contribution is -2.43. The second-order valence-electron chi connectivity index (χ2n) is 5.39. The Balaban J connectivity index is 4.01. The molecule has 0 amide bonds. The summed E-state index contributed by atoms with van der Waals surface area (Å²) in [5.74, 6) is 0. The predicted octanol–water partition coefficient (Wildman–Crippen LogP) is 4.59. The Hall–Kier alpha value is 0.177. The maximum absolute atomic E-state index is 6.18. The van der Waals surface area contributed by atoms with Gasteiger partial charge < -0.3 is 4.43 Å². The van der Waals surface area contributed by atoms with Gasteiger partial charge in [-0.1, -0.05) is 47.5 Å². The topological polar surface area (TPSA) is 9.23 Å². The summed E-state index contributed by atoms with van der Waals surface area (Å²) in [6.07, 6.45) is 3.82. The second-order valence-corrected chi connectivity index (χ2v) is 10.3. The highest BCUT2D eigenvalue weighted by molar-refractivity contribution is 6.75. The van der Waals surface area contributed by atoms with Crippen LogP contribution in [0.5, 0.6) is 0 Å². The summed E-state index contributed by atoms with van der Waals surface area (Å²) >= 11 is 0. The molecule has 0 aliphatic rings. The normalized spacial score (nSPS) is 16.7. The SMILES string of the molecule is CCCCCO[Si](C)(CC)C(C)(C)C. The highest BCUT2D eigenvalue weighted by atomic mass is 28.4. The lowest BCUT2D eigenvalue weighted by Gasteiger charge is -2.38. The van der Waals surface area contributed by atoms with Gasteiger partial charge in [-0.05, 0) is 24.1 Å². The first-order valence-electron chi connectivity index (χ1n) is 6.01. The number of unbranched alkanes of at least 4 members (excludes halogenated alkanes) is 2. The summed E-state index contributed by atoms with van der Waals surface area (Å²) in [7, 11) is -1.47. The van der Waals surface area contributed by atoms with Crippen molar-refractivity contribution in [2.45, 2.75) is 71.5 Å². The van der Waals surface area contributed by atoms with Crippen molar-refractivity contribution < 1.29 is 4.43 Å². The molecule has 1 unspecified atom stereocenters. The maximum Gasteiger partial charge on any atom is 0.194 e. The van der Waals surface area contributed by atoms with E-state index in [1.165, 1.54) is 25.3 Å². The van der Waals surface area contributed by atoms with Gasteiger partial charge in [-0.3, -0.25) is 0 Å². The Bertz CT molecular complexity index is 151. The van der Waals surface area contributed by atoms with Crippen molar-refractivity contribution in [1.82, 2.24) is 0 Å². The molecule has 1 atom stereocenters. The molecule has 0 aliphatic heterocycles. The van der Waals surface area contributed by atoms with Crippen LogP contribution in [0, 0.1) is 0 Å². The molecule has 0 aromatic carbocycles. The first-order valence-corrected chi connectivity index (χ1v) is 8.63. The van der Waals surface area contributed by atoms with Gasteiger partial charge in [-0.25, -0.2) is 0 Å². The van der Waals surface area contributed by atoms with Gasteiger partial charge in [0.1, 0.15) is 0 Å². The number of hydrogen-bond donors (Lipinski definition) is 0. The quantitative estimate of drug-likeness (QED) is 0.466. The summed E-state index contributed by atoms with van der Waals surface area (Å²) in [6.45, 7) is 14.8. The molecule has 0 heterocycles. The minimum absolute atomic E-state index is 0.369. The van der Waals surface area contributed by atoms with E-state index in [0.29, 0.717) is 5.04 Å². The van der Waals surface area contributed by atoms with Crippen LogP contribution >= 0.6 is 0 Å². The van der Waals surface area contributed by atoms with Crippen LogP contribution in [0.2, 0.25) is 17.6 Å². The molecule has 0 aliphatic carbocycles. The van der Waals surface area contributed by atoms with Crippen molar-refractivity contribution in [3.05, 3.63) is 0 Å². The van der Waals surface area contributed by atoms with Crippen LogP contribution in [-0.4, -0.2) is 14.9 Å². The van der Waals surface area contributed by atoms with Crippen LogP contribution in [0.15, 0.2) is 0 Å². The third-order valence-corrected chi connectivity index (χ3v) is 8.79. The lowest BCUT2D eigenvalue weighted by atomic mass is 10.2. The fourth-order valence-corrected chi connectivity index (χ4v) is 3.79. The van der Waals surface area contributed by atoms with Crippen molar-refractivity contribution in [2.24, 2.45) is 0 Å². The Morgan fingerprint density at radius 1 is 1.07 bits per heavy atom. The van der Waals surface area contributed by atoms with Gasteiger partial charge in [0.2, 0.25) is 0 Å². The molecule has 1 nitrogen and oxygen atoms in total. The van der Waals surface area contributed by atoms with Gasteiger partial charge in [-0.15, -0.1) is 0 Å². The monoisotopic (exact) mass is 216 g/mol. The molecular weight excluding hydrogens is 188 g/mol. The molecule has 0 saturated carbocycles. The van der Waals surface area contributed by atoms with E-state index < -0.39 is 8.32 Å². The maximum atomic E-state index is 6.18. The van der Waals surface area contributed by atoms with Gasteiger partial charge in [0.15, 0.2) is 8.32 Å². The summed E-state index contributed by atoms with van der Waals surface area (Å²) < 4.78 is 6.18. The van der Waals surface area contributed by atoms with Gasteiger partial charge in [-0.2, -0.15) is 0 Å². The molecule has 0 radical (unpaired) electrons. The summed E-state index contributed by atoms with van der Waals surface area (Å²) in [6, 6.07) is 1.22. The summed E-state index contributed by atoms with van der Waals surface area (Å²) in [5, 5.41) is 0.369. The molecule has 0 bridgehead atoms. The zero-order chi connectivity index (χ0) is 11.2. The van der Waals surface area contributed by atoms with E-state index in [2.05, 4.69) is 41.2 Å². The molecule has 0 rings (SSSR count). The third-order valence-electron chi connectivity index (χ3n) is 3.43. The molecule has 0 saturated heterocycles. The van der Waals surface area contributed by atoms with Gasteiger partial charge >= 0.3 is 0 Å². The fraction of sp³-hybridized carbons (Fsp3) is 1.00. The molecule has 0 fully saturated rings. The molecule has 0 aromatic rings. The van der Waals surface area contributed by atoms with Crippen LogP contribution in [-0.2, 0) is 4.43 Å². The standard InChI is InChI=1S/C12H28OSi/c1-7-9-10-11-13-14(6,8-2)12(3,4)5/h7-11H2,1-6H3. The van der Waals surface area contributed by atoms with Crippen LogP contribution < -0.4 is 0 Å². The van der Waals surface area contributed by atoms with E-state index in [4.69, 9.17) is 4.43 Å². The summed E-state index contributed by atoms with van der Waals surface area (Å²) in [5.41, 5.74) is 0. The molecular formula is C12H28OSi.